The maximum Gasteiger partial charge on any atom is 0.222 e. The van der Waals surface area contributed by atoms with Crippen molar-refractivity contribution in [2.45, 2.75) is 26.7 Å². The minimum absolute atomic E-state index is 0.0577. The smallest absolute Gasteiger partial charge is 0.222 e. The number of carbonyl (C=O) groups is 1. The number of amides is 1. The second-order valence-corrected chi connectivity index (χ2v) is 3.43. The summed E-state index contributed by atoms with van der Waals surface area (Å²) < 4.78 is 5.08. The predicted octanol–water partition coefficient (Wildman–Crippen LogP) is 0.514. The zero-order valence-corrected chi connectivity index (χ0v) is 9.21. The van der Waals surface area contributed by atoms with Gasteiger partial charge < -0.3 is 15.8 Å². The zero-order chi connectivity index (χ0) is 10.8. The summed E-state index contributed by atoms with van der Waals surface area (Å²) in [7, 11) is 0. The van der Waals surface area contributed by atoms with Gasteiger partial charge in [-0.25, -0.2) is 0 Å². The van der Waals surface area contributed by atoms with Crippen LogP contribution in [0.3, 0.4) is 0 Å². The highest BCUT2D eigenvalue weighted by Crippen LogP contribution is 1.97. The number of nitrogens with two attached hydrogens (primary N) is 1. The molecule has 0 saturated carbocycles. The lowest BCUT2D eigenvalue weighted by Gasteiger charge is -2.11. The first-order valence-corrected chi connectivity index (χ1v) is 5.25. The number of ether oxygens (including phenoxy) is 1. The summed E-state index contributed by atoms with van der Waals surface area (Å²) in [5, 5.41) is 2.85. The quantitative estimate of drug-likeness (QED) is 0.564. The number of rotatable bonds is 8. The highest BCUT2D eigenvalue weighted by molar-refractivity contribution is 5.75. The highest BCUT2D eigenvalue weighted by Gasteiger charge is 2.04. The molecule has 3 N–H and O–H groups in total. The van der Waals surface area contributed by atoms with E-state index in [0.29, 0.717) is 38.6 Å². The van der Waals surface area contributed by atoms with Gasteiger partial charge in [0, 0.05) is 19.6 Å². The van der Waals surface area contributed by atoms with Crippen molar-refractivity contribution in [3.63, 3.8) is 0 Å². The van der Waals surface area contributed by atoms with Crippen molar-refractivity contribution >= 4 is 5.91 Å². The second-order valence-electron chi connectivity index (χ2n) is 3.43. The Labute approximate surface area is 86.2 Å². The monoisotopic (exact) mass is 202 g/mol. The zero-order valence-electron chi connectivity index (χ0n) is 9.21. The van der Waals surface area contributed by atoms with Crippen molar-refractivity contribution in [3.05, 3.63) is 0 Å². The van der Waals surface area contributed by atoms with Crippen LogP contribution in [0.15, 0.2) is 0 Å². The van der Waals surface area contributed by atoms with Crippen LogP contribution in [0.4, 0.5) is 0 Å². The van der Waals surface area contributed by atoms with Gasteiger partial charge in [-0.05, 0) is 25.8 Å². The molecule has 1 atom stereocenters. The Hall–Kier alpha value is -0.610. The molecule has 4 nitrogen and oxygen atoms in total. The van der Waals surface area contributed by atoms with E-state index in [9.17, 15) is 4.79 Å². The molecule has 0 aliphatic rings. The molecule has 14 heavy (non-hydrogen) atoms. The molecule has 0 radical (unpaired) electrons. The summed E-state index contributed by atoms with van der Waals surface area (Å²) in [4.78, 5) is 11.2. The SMILES string of the molecule is CCOCCC(=O)NCC(C)CCN. The number of hydrogen-bond acceptors (Lipinski definition) is 3. The number of nitrogens with one attached hydrogen (secondary N) is 1. The molecule has 0 heterocycles. The van der Waals surface area contributed by atoms with Crippen LogP contribution in [0.5, 0.6) is 0 Å². The topological polar surface area (TPSA) is 64.3 Å². The standard InChI is InChI=1S/C10H22N2O2/c1-3-14-7-5-10(13)12-8-9(2)4-6-11/h9H,3-8,11H2,1-2H3,(H,12,13). The number of hydrogen-bond donors (Lipinski definition) is 2. The van der Waals surface area contributed by atoms with Gasteiger partial charge in [-0.2, -0.15) is 0 Å². The third kappa shape index (κ3) is 8.01. The van der Waals surface area contributed by atoms with E-state index in [4.69, 9.17) is 10.5 Å². The summed E-state index contributed by atoms with van der Waals surface area (Å²) in [5.74, 6) is 0.512. The maximum absolute atomic E-state index is 11.2. The van der Waals surface area contributed by atoms with Gasteiger partial charge in [-0.15, -0.1) is 0 Å². The maximum atomic E-state index is 11.2. The van der Waals surface area contributed by atoms with Gasteiger partial charge in [0.1, 0.15) is 0 Å². The van der Waals surface area contributed by atoms with E-state index in [2.05, 4.69) is 12.2 Å². The van der Waals surface area contributed by atoms with Gasteiger partial charge in [0.25, 0.3) is 0 Å². The van der Waals surface area contributed by atoms with Gasteiger partial charge >= 0.3 is 0 Å². The Morgan fingerprint density at radius 1 is 1.57 bits per heavy atom. The van der Waals surface area contributed by atoms with Gasteiger partial charge in [-0.1, -0.05) is 6.92 Å². The lowest BCUT2D eigenvalue weighted by Crippen LogP contribution is -2.29. The Kier molecular flexibility index (Phi) is 8.57. The molecule has 0 saturated heterocycles. The highest BCUT2D eigenvalue weighted by atomic mass is 16.5. The van der Waals surface area contributed by atoms with Gasteiger partial charge in [0.05, 0.1) is 6.61 Å². The normalized spacial score (nSPS) is 12.5. The van der Waals surface area contributed by atoms with Crippen molar-refractivity contribution < 1.29 is 9.53 Å². The average Bonchev–Trinajstić information content (AvgIpc) is 2.16. The van der Waals surface area contributed by atoms with Crippen LogP contribution in [0.25, 0.3) is 0 Å². The summed E-state index contributed by atoms with van der Waals surface area (Å²) >= 11 is 0. The summed E-state index contributed by atoms with van der Waals surface area (Å²) in [5.41, 5.74) is 5.40. The van der Waals surface area contributed by atoms with E-state index in [-0.39, 0.29) is 5.91 Å². The molecule has 0 spiro atoms. The minimum atomic E-state index is 0.0577. The van der Waals surface area contributed by atoms with Crippen LogP contribution in [0.1, 0.15) is 26.7 Å². The van der Waals surface area contributed by atoms with Gasteiger partial charge in [0.2, 0.25) is 5.91 Å². The molecule has 4 heteroatoms. The first-order chi connectivity index (χ1) is 6.70. The largest absolute Gasteiger partial charge is 0.381 e. The van der Waals surface area contributed by atoms with E-state index in [0.717, 1.165) is 6.42 Å². The third-order valence-corrected chi connectivity index (χ3v) is 1.98. The minimum Gasteiger partial charge on any atom is -0.381 e. The lowest BCUT2D eigenvalue weighted by molar-refractivity contribution is -0.122. The van der Waals surface area contributed by atoms with E-state index < -0.39 is 0 Å². The van der Waals surface area contributed by atoms with Gasteiger partial charge in [-0.3, -0.25) is 4.79 Å². The van der Waals surface area contributed by atoms with Crippen molar-refractivity contribution in [1.82, 2.24) is 5.32 Å². The molecule has 1 unspecified atom stereocenters. The van der Waals surface area contributed by atoms with Crippen LogP contribution in [-0.2, 0) is 9.53 Å². The molecule has 84 valence electrons. The van der Waals surface area contributed by atoms with Crippen molar-refractivity contribution in [2.75, 3.05) is 26.3 Å². The Balaban J connectivity index is 3.34. The molecule has 0 aliphatic carbocycles. The molecule has 0 fully saturated rings. The molecule has 0 aliphatic heterocycles. The molecule has 1 amide bonds. The molecular weight excluding hydrogens is 180 g/mol. The molecule has 0 rings (SSSR count). The molecule has 0 bridgehead atoms. The fourth-order valence-corrected chi connectivity index (χ4v) is 1.07. The van der Waals surface area contributed by atoms with Crippen molar-refractivity contribution in [3.8, 4) is 0 Å². The van der Waals surface area contributed by atoms with E-state index in [1.807, 2.05) is 6.92 Å². The molecule has 0 aromatic heterocycles. The van der Waals surface area contributed by atoms with Crippen LogP contribution in [-0.4, -0.2) is 32.2 Å². The molecule has 0 aromatic rings. The first kappa shape index (κ1) is 13.4. The third-order valence-electron chi connectivity index (χ3n) is 1.98. The molecule has 0 aromatic carbocycles. The Morgan fingerprint density at radius 3 is 2.86 bits per heavy atom. The lowest BCUT2D eigenvalue weighted by atomic mass is 10.1. The summed E-state index contributed by atoms with van der Waals surface area (Å²) in [6.07, 6.45) is 1.40. The average molecular weight is 202 g/mol. The molecular formula is C10H22N2O2. The van der Waals surface area contributed by atoms with Crippen LogP contribution >= 0.6 is 0 Å². The predicted molar refractivity (Wildman–Crippen MR) is 57.0 cm³/mol. The fourth-order valence-electron chi connectivity index (χ4n) is 1.07. The second kappa shape index (κ2) is 8.97. The number of carbonyl (C=O) groups excluding carboxylic acids is 1. The first-order valence-electron chi connectivity index (χ1n) is 5.25. The van der Waals surface area contributed by atoms with E-state index >= 15 is 0 Å². The summed E-state index contributed by atoms with van der Waals surface area (Å²) in [6, 6.07) is 0. The summed E-state index contributed by atoms with van der Waals surface area (Å²) in [6.45, 7) is 6.56. The van der Waals surface area contributed by atoms with Gasteiger partial charge in [0.15, 0.2) is 0 Å². The Bertz CT molecular complexity index is 151. The van der Waals surface area contributed by atoms with Crippen LogP contribution < -0.4 is 11.1 Å². The van der Waals surface area contributed by atoms with Crippen molar-refractivity contribution in [1.29, 1.82) is 0 Å². The van der Waals surface area contributed by atoms with E-state index in [1.165, 1.54) is 0 Å². The van der Waals surface area contributed by atoms with Crippen LogP contribution in [0.2, 0.25) is 0 Å². The Morgan fingerprint density at radius 2 is 2.29 bits per heavy atom. The van der Waals surface area contributed by atoms with Crippen LogP contribution in [0, 0.1) is 5.92 Å². The van der Waals surface area contributed by atoms with Crippen molar-refractivity contribution in [2.24, 2.45) is 11.7 Å². The fraction of sp³-hybridized carbons (Fsp3) is 0.900. The van der Waals surface area contributed by atoms with E-state index in [1.54, 1.807) is 0 Å².